The molecule has 1 rings (SSSR count). The Hall–Kier alpha value is -0.700. The summed E-state index contributed by atoms with van der Waals surface area (Å²) in [5.41, 5.74) is 0. The van der Waals surface area contributed by atoms with Gasteiger partial charge in [0.05, 0.1) is 6.04 Å². The van der Waals surface area contributed by atoms with Crippen LogP contribution in [0.5, 0.6) is 0 Å². The first kappa shape index (κ1) is 8.40. The van der Waals surface area contributed by atoms with E-state index < -0.39 is 0 Å². The molecule has 62 valence electrons. The van der Waals surface area contributed by atoms with E-state index in [1.807, 2.05) is 7.05 Å². The van der Waals surface area contributed by atoms with Gasteiger partial charge in [0.25, 0.3) is 5.91 Å². The van der Waals surface area contributed by atoms with Crippen molar-refractivity contribution in [2.24, 2.45) is 4.99 Å². The second-order valence-electron chi connectivity index (χ2n) is 2.99. The fraction of sp³-hybridized carbons (Fsp3) is 0.750. The number of aliphatic imine (C=N–C) groups is 1. The highest BCUT2D eigenvalue weighted by atomic mass is 16.1. The summed E-state index contributed by atoms with van der Waals surface area (Å²) in [6.07, 6.45) is 3.27. The van der Waals surface area contributed by atoms with Gasteiger partial charge < -0.3 is 0 Å². The Labute approximate surface area is 67.1 Å². The van der Waals surface area contributed by atoms with E-state index in [9.17, 15) is 4.79 Å². The summed E-state index contributed by atoms with van der Waals surface area (Å²) < 4.78 is 0. The topological polar surface area (TPSA) is 32.7 Å². The summed E-state index contributed by atoms with van der Waals surface area (Å²) in [5, 5.41) is 0. The van der Waals surface area contributed by atoms with Crippen molar-refractivity contribution in [3.63, 3.8) is 0 Å². The molecule has 0 bridgehead atoms. The van der Waals surface area contributed by atoms with Crippen LogP contribution in [0, 0.1) is 0 Å². The molecule has 1 aliphatic rings. The van der Waals surface area contributed by atoms with Gasteiger partial charge in [-0.2, -0.15) is 0 Å². The Morgan fingerprint density at radius 1 is 1.64 bits per heavy atom. The van der Waals surface area contributed by atoms with Crippen LogP contribution in [0.3, 0.4) is 0 Å². The van der Waals surface area contributed by atoms with Crippen molar-refractivity contribution < 1.29 is 4.79 Å². The van der Waals surface area contributed by atoms with Crippen molar-refractivity contribution in [2.45, 2.75) is 25.3 Å². The number of nitrogens with zero attached hydrogens (tertiary/aromatic N) is 2. The number of carbonyl (C=O) groups is 1. The van der Waals surface area contributed by atoms with Crippen molar-refractivity contribution in [1.29, 1.82) is 0 Å². The van der Waals surface area contributed by atoms with Crippen LogP contribution >= 0.6 is 0 Å². The van der Waals surface area contributed by atoms with Crippen molar-refractivity contribution in [1.82, 2.24) is 4.90 Å². The summed E-state index contributed by atoms with van der Waals surface area (Å²) in [7, 11) is 1.97. The molecule has 1 atom stereocenters. The fourth-order valence-corrected chi connectivity index (χ4v) is 1.49. The van der Waals surface area contributed by atoms with E-state index in [0.29, 0.717) is 0 Å². The quantitative estimate of drug-likeness (QED) is 0.521. The molecule has 0 unspecified atom stereocenters. The average Bonchev–Trinajstić information content (AvgIpc) is 2.04. The first-order valence-corrected chi connectivity index (χ1v) is 3.96. The van der Waals surface area contributed by atoms with Gasteiger partial charge in [0.15, 0.2) is 0 Å². The SMILES string of the molecule is C=NC(=O)[C@H]1CCCCN1C. The van der Waals surface area contributed by atoms with Crippen molar-refractivity contribution in [3.05, 3.63) is 0 Å². The minimum atomic E-state index is -0.0767. The van der Waals surface area contributed by atoms with Gasteiger partial charge in [0, 0.05) is 0 Å². The molecule has 0 aromatic heterocycles. The minimum Gasteiger partial charge on any atom is -0.295 e. The minimum absolute atomic E-state index is 0.00116. The third-order valence-electron chi connectivity index (χ3n) is 2.21. The predicted molar refractivity (Wildman–Crippen MR) is 44.8 cm³/mol. The molecule has 1 heterocycles. The molecule has 1 fully saturated rings. The number of likely N-dealkylation sites (N-methyl/N-ethyl adjacent to an activating group) is 1. The maximum absolute atomic E-state index is 11.1. The number of amides is 1. The number of carbonyl (C=O) groups excluding carboxylic acids is 1. The summed E-state index contributed by atoms with van der Waals surface area (Å²) >= 11 is 0. The first-order chi connectivity index (χ1) is 5.25. The maximum atomic E-state index is 11.1. The molecule has 0 spiro atoms. The van der Waals surface area contributed by atoms with Crippen LogP contribution in [0.15, 0.2) is 4.99 Å². The molecule has 0 radical (unpaired) electrons. The molecule has 0 N–H and O–H groups in total. The highest BCUT2D eigenvalue weighted by molar-refractivity contribution is 5.85. The van der Waals surface area contributed by atoms with E-state index in [0.717, 1.165) is 19.4 Å². The number of hydrogen-bond donors (Lipinski definition) is 0. The molecule has 0 aliphatic carbocycles. The second-order valence-corrected chi connectivity index (χ2v) is 2.99. The summed E-state index contributed by atoms with van der Waals surface area (Å²) in [5.74, 6) is -0.0767. The van der Waals surface area contributed by atoms with Crippen LogP contribution in [0.1, 0.15) is 19.3 Å². The van der Waals surface area contributed by atoms with Crippen LogP contribution in [0.4, 0.5) is 0 Å². The number of piperidine rings is 1. The highest BCUT2D eigenvalue weighted by Gasteiger charge is 2.24. The number of rotatable bonds is 1. The van der Waals surface area contributed by atoms with Crippen LogP contribution in [0.2, 0.25) is 0 Å². The Bertz CT molecular complexity index is 167. The lowest BCUT2D eigenvalue weighted by atomic mass is 10.0. The van der Waals surface area contributed by atoms with E-state index >= 15 is 0 Å². The Balaban J connectivity index is 2.53. The van der Waals surface area contributed by atoms with E-state index in [1.165, 1.54) is 6.42 Å². The van der Waals surface area contributed by atoms with Crippen LogP contribution < -0.4 is 0 Å². The van der Waals surface area contributed by atoms with Crippen molar-refractivity contribution in [2.75, 3.05) is 13.6 Å². The second kappa shape index (κ2) is 3.62. The zero-order chi connectivity index (χ0) is 8.27. The van der Waals surface area contributed by atoms with E-state index in [-0.39, 0.29) is 11.9 Å². The zero-order valence-corrected chi connectivity index (χ0v) is 6.92. The molecule has 0 aromatic rings. The normalized spacial score (nSPS) is 26.5. The predicted octanol–water partition coefficient (Wildman–Crippen LogP) is 0.698. The summed E-state index contributed by atoms with van der Waals surface area (Å²) in [6, 6.07) is 0.00116. The molecular weight excluding hydrogens is 140 g/mol. The fourth-order valence-electron chi connectivity index (χ4n) is 1.49. The van der Waals surface area contributed by atoms with E-state index in [4.69, 9.17) is 0 Å². The van der Waals surface area contributed by atoms with Gasteiger partial charge in [0.1, 0.15) is 0 Å². The van der Waals surface area contributed by atoms with E-state index in [1.54, 1.807) is 0 Å². The molecule has 1 saturated heterocycles. The first-order valence-electron chi connectivity index (χ1n) is 3.96. The lowest BCUT2D eigenvalue weighted by Gasteiger charge is -2.29. The Morgan fingerprint density at radius 3 is 2.91 bits per heavy atom. The smallest absolute Gasteiger partial charge is 0.262 e. The lowest BCUT2D eigenvalue weighted by Crippen LogP contribution is -2.41. The summed E-state index contributed by atoms with van der Waals surface area (Å²) in [6.45, 7) is 4.25. The third kappa shape index (κ3) is 1.87. The van der Waals surface area contributed by atoms with Crippen molar-refractivity contribution in [3.8, 4) is 0 Å². The molecule has 11 heavy (non-hydrogen) atoms. The molecule has 0 aromatic carbocycles. The number of likely N-dealkylation sites (tertiary alicyclic amines) is 1. The molecule has 0 saturated carbocycles. The molecule has 3 nitrogen and oxygen atoms in total. The average molecular weight is 154 g/mol. The Kier molecular flexibility index (Phi) is 2.76. The van der Waals surface area contributed by atoms with Gasteiger partial charge in [-0.1, -0.05) is 6.42 Å². The monoisotopic (exact) mass is 154 g/mol. The number of hydrogen-bond acceptors (Lipinski definition) is 2. The van der Waals surface area contributed by atoms with Gasteiger partial charge in [-0.25, -0.2) is 4.99 Å². The van der Waals surface area contributed by atoms with Crippen molar-refractivity contribution >= 4 is 12.6 Å². The molecule has 1 amide bonds. The lowest BCUT2D eigenvalue weighted by molar-refractivity contribution is -0.123. The molecule has 3 heteroatoms. The van der Waals surface area contributed by atoms with Gasteiger partial charge in [-0.05, 0) is 33.2 Å². The standard InChI is InChI=1S/C8H14N2O/c1-9-8(11)7-5-3-4-6-10(7)2/h7H,1,3-6H2,2H3/t7-/m1/s1. The van der Waals surface area contributed by atoms with Gasteiger partial charge in [-0.15, -0.1) is 0 Å². The molecule has 1 aliphatic heterocycles. The van der Waals surface area contributed by atoms with Gasteiger partial charge in [0.2, 0.25) is 0 Å². The van der Waals surface area contributed by atoms with E-state index in [2.05, 4.69) is 16.6 Å². The molecular formula is C8H14N2O. The van der Waals surface area contributed by atoms with Gasteiger partial charge in [-0.3, -0.25) is 9.69 Å². The maximum Gasteiger partial charge on any atom is 0.262 e. The highest BCUT2D eigenvalue weighted by Crippen LogP contribution is 2.15. The van der Waals surface area contributed by atoms with Crippen LogP contribution in [-0.4, -0.2) is 37.2 Å². The van der Waals surface area contributed by atoms with Crippen LogP contribution in [-0.2, 0) is 4.79 Å². The van der Waals surface area contributed by atoms with Gasteiger partial charge >= 0.3 is 0 Å². The van der Waals surface area contributed by atoms with Crippen LogP contribution in [0.25, 0.3) is 0 Å². The largest absolute Gasteiger partial charge is 0.295 e. The third-order valence-corrected chi connectivity index (χ3v) is 2.21. The summed E-state index contributed by atoms with van der Waals surface area (Å²) in [4.78, 5) is 16.6. The Morgan fingerprint density at radius 2 is 2.36 bits per heavy atom. The zero-order valence-electron chi connectivity index (χ0n) is 6.92.